The Morgan fingerprint density at radius 3 is 1.41 bits per heavy atom. The van der Waals surface area contributed by atoms with Gasteiger partial charge in [-0.05, 0) is 80.9 Å². The maximum absolute atomic E-state index is 2.34. The van der Waals surface area contributed by atoms with Crippen LogP contribution in [0.25, 0.3) is 22.3 Å². The fourth-order valence-electron chi connectivity index (χ4n) is 7.13. The summed E-state index contributed by atoms with van der Waals surface area (Å²) < 4.78 is 0. The molecule has 1 nitrogen and oxygen atoms in total. The monoisotopic (exact) mass is 561 g/mol. The van der Waals surface area contributed by atoms with Crippen LogP contribution >= 0.6 is 0 Å². The second-order valence-corrected chi connectivity index (χ2v) is 11.3. The smallest absolute Gasteiger partial charge is 0.0713 e. The largest absolute Gasteiger partial charge is 0.311 e. The second kappa shape index (κ2) is 10.9. The first-order valence-corrected chi connectivity index (χ1v) is 15.2. The van der Waals surface area contributed by atoms with Crippen molar-refractivity contribution in [3.05, 3.63) is 210 Å². The van der Waals surface area contributed by atoms with Crippen LogP contribution < -0.4 is 4.90 Å². The van der Waals surface area contributed by atoms with Crippen molar-refractivity contribution in [1.82, 2.24) is 0 Å². The van der Waals surface area contributed by atoms with Crippen LogP contribution in [0.1, 0.15) is 22.3 Å². The van der Waals surface area contributed by atoms with Crippen LogP contribution in [-0.2, 0) is 5.41 Å². The van der Waals surface area contributed by atoms with Crippen LogP contribution in [0.15, 0.2) is 188 Å². The maximum atomic E-state index is 2.34. The zero-order valence-corrected chi connectivity index (χ0v) is 24.3. The van der Waals surface area contributed by atoms with Crippen LogP contribution in [0, 0.1) is 0 Å². The van der Waals surface area contributed by atoms with Crippen molar-refractivity contribution in [3.63, 3.8) is 0 Å². The molecular formula is C43H31N. The maximum Gasteiger partial charge on any atom is 0.0713 e. The molecule has 1 heteroatoms. The standard InChI is InChI=1S/C43H31N/c1-5-16-32(17-6-1)38-25-15-27-41-42(38)39-24-13-14-26-40(39)43(41,33-18-7-2-8-19-33)34-28-30-37(31-29-34)44(35-20-9-3-10-21-35)36-22-11-4-12-23-36/h1-31H. The summed E-state index contributed by atoms with van der Waals surface area (Å²) in [5.41, 5.74) is 13.2. The molecule has 0 bridgehead atoms. The number of fused-ring (bicyclic) bond motifs is 3. The van der Waals surface area contributed by atoms with Crippen LogP contribution in [0.3, 0.4) is 0 Å². The summed E-state index contributed by atoms with van der Waals surface area (Å²) >= 11 is 0. The highest BCUT2D eigenvalue weighted by Crippen LogP contribution is 2.58. The van der Waals surface area contributed by atoms with E-state index in [1.54, 1.807) is 0 Å². The first-order valence-electron chi connectivity index (χ1n) is 15.2. The molecule has 7 aromatic carbocycles. The highest BCUT2D eigenvalue weighted by molar-refractivity contribution is 5.95. The van der Waals surface area contributed by atoms with E-state index in [2.05, 4.69) is 193 Å². The van der Waals surface area contributed by atoms with E-state index in [1.165, 1.54) is 44.5 Å². The lowest BCUT2D eigenvalue weighted by Gasteiger charge is -2.34. The third kappa shape index (κ3) is 4.09. The number of anilines is 3. The number of para-hydroxylation sites is 2. The average molecular weight is 562 g/mol. The van der Waals surface area contributed by atoms with Gasteiger partial charge < -0.3 is 4.90 Å². The molecule has 208 valence electrons. The van der Waals surface area contributed by atoms with E-state index in [1.807, 2.05) is 0 Å². The number of rotatable bonds is 6. The Labute approximate surface area is 259 Å². The van der Waals surface area contributed by atoms with Crippen LogP contribution in [-0.4, -0.2) is 0 Å². The molecule has 7 aromatic rings. The minimum Gasteiger partial charge on any atom is -0.311 e. The second-order valence-electron chi connectivity index (χ2n) is 11.3. The molecule has 1 aliphatic carbocycles. The molecule has 0 N–H and O–H groups in total. The number of hydrogen-bond acceptors (Lipinski definition) is 1. The van der Waals surface area contributed by atoms with Crippen molar-refractivity contribution in [2.24, 2.45) is 0 Å². The van der Waals surface area contributed by atoms with Gasteiger partial charge in [0.05, 0.1) is 5.41 Å². The number of hydrogen-bond donors (Lipinski definition) is 0. The van der Waals surface area contributed by atoms with E-state index in [4.69, 9.17) is 0 Å². The Kier molecular flexibility index (Phi) is 6.43. The third-order valence-corrected chi connectivity index (χ3v) is 8.95. The van der Waals surface area contributed by atoms with Crippen molar-refractivity contribution in [2.75, 3.05) is 4.90 Å². The van der Waals surface area contributed by atoms with E-state index < -0.39 is 5.41 Å². The Hall–Kier alpha value is -5.66. The highest BCUT2D eigenvalue weighted by Gasteiger charge is 2.46. The minimum absolute atomic E-state index is 0.458. The molecule has 0 saturated heterocycles. The summed E-state index contributed by atoms with van der Waals surface area (Å²) in [7, 11) is 0. The molecule has 0 aromatic heterocycles. The number of benzene rings is 7. The van der Waals surface area contributed by atoms with Crippen molar-refractivity contribution in [1.29, 1.82) is 0 Å². The lowest BCUT2D eigenvalue weighted by molar-refractivity contribution is 0.768. The molecule has 0 aliphatic heterocycles. The van der Waals surface area contributed by atoms with Crippen molar-refractivity contribution < 1.29 is 0 Å². The normalized spacial score (nSPS) is 14.9. The van der Waals surface area contributed by atoms with Gasteiger partial charge in [-0.25, -0.2) is 0 Å². The molecule has 1 unspecified atom stereocenters. The Morgan fingerprint density at radius 2 is 0.773 bits per heavy atom. The summed E-state index contributed by atoms with van der Waals surface area (Å²) in [5, 5.41) is 0. The summed E-state index contributed by atoms with van der Waals surface area (Å²) in [6.07, 6.45) is 0. The molecule has 8 rings (SSSR count). The molecule has 0 saturated carbocycles. The van der Waals surface area contributed by atoms with Crippen molar-refractivity contribution in [2.45, 2.75) is 5.41 Å². The van der Waals surface area contributed by atoms with E-state index in [9.17, 15) is 0 Å². The topological polar surface area (TPSA) is 3.24 Å². The Morgan fingerprint density at radius 1 is 0.318 bits per heavy atom. The van der Waals surface area contributed by atoms with E-state index in [-0.39, 0.29) is 0 Å². The van der Waals surface area contributed by atoms with Gasteiger partial charge in [-0.1, -0.05) is 152 Å². The fraction of sp³-hybridized carbons (Fsp3) is 0.0233. The lowest BCUT2D eigenvalue weighted by atomic mass is 9.67. The predicted octanol–water partition coefficient (Wildman–Crippen LogP) is 11.2. The van der Waals surface area contributed by atoms with Crippen LogP contribution in [0.2, 0.25) is 0 Å². The third-order valence-electron chi connectivity index (χ3n) is 8.95. The van der Waals surface area contributed by atoms with E-state index in [0.717, 1.165) is 17.1 Å². The quantitative estimate of drug-likeness (QED) is 0.195. The molecule has 0 fully saturated rings. The molecule has 0 radical (unpaired) electrons. The summed E-state index contributed by atoms with van der Waals surface area (Å²) in [5.74, 6) is 0. The van der Waals surface area contributed by atoms with Crippen LogP contribution in [0.4, 0.5) is 17.1 Å². The van der Waals surface area contributed by atoms with Gasteiger partial charge in [-0.15, -0.1) is 0 Å². The fourth-order valence-corrected chi connectivity index (χ4v) is 7.13. The molecule has 0 spiro atoms. The molecular weight excluding hydrogens is 530 g/mol. The van der Waals surface area contributed by atoms with Gasteiger partial charge in [0.1, 0.15) is 0 Å². The van der Waals surface area contributed by atoms with E-state index in [0.29, 0.717) is 0 Å². The first-order chi connectivity index (χ1) is 21.9. The predicted molar refractivity (Wildman–Crippen MR) is 184 cm³/mol. The van der Waals surface area contributed by atoms with Gasteiger partial charge in [-0.3, -0.25) is 0 Å². The van der Waals surface area contributed by atoms with Crippen molar-refractivity contribution in [3.8, 4) is 22.3 Å². The van der Waals surface area contributed by atoms with Crippen LogP contribution in [0.5, 0.6) is 0 Å². The van der Waals surface area contributed by atoms with Gasteiger partial charge in [0.15, 0.2) is 0 Å². The lowest BCUT2D eigenvalue weighted by Crippen LogP contribution is -2.28. The van der Waals surface area contributed by atoms with Gasteiger partial charge in [-0.2, -0.15) is 0 Å². The summed E-state index contributed by atoms with van der Waals surface area (Å²) in [6.45, 7) is 0. The first kappa shape index (κ1) is 26.0. The number of nitrogens with zero attached hydrogens (tertiary/aromatic N) is 1. The Balaban J connectivity index is 1.37. The molecule has 1 aliphatic rings. The van der Waals surface area contributed by atoms with Gasteiger partial charge in [0, 0.05) is 17.1 Å². The molecule has 44 heavy (non-hydrogen) atoms. The Bertz CT molecular complexity index is 1990. The van der Waals surface area contributed by atoms with E-state index >= 15 is 0 Å². The molecule has 0 heterocycles. The average Bonchev–Trinajstić information content (AvgIpc) is 3.42. The molecule has 1 atom stereocenters. The zero-order chi connectivity index (χ0) is 29.3. The van der Waals surface area contributed by atoms with Gasteiger partial charge >= 0.3 is 0 Å². The summed E-state index contributed by atoms with van der Waals surface area (Å²) in [4.78, 5) is 2.32. The molecule has 0 amide bonds. The SMILES string of the molecule is c1ccc(-c2cccc3c2-c2ccccc2C3(c2ccccc2)c2ccc(N(c3ccccc3)c3ccccc3)cc2)cc1. The highest BCUT2D eigenvalue weighted by atomic mass is 15.1. The van der Waals surface area contributed by atoms with Gasteiger partial charge in [0.25, 0.3) is 0 Å². The summed E-state index contributed by atoms with van der Waals surface area (Å²) in [6, 6.07) is 68.0. The minimum atomic E-state index is -0.458. The van der Waals surface area contributed by atoms with Crippen molar-refractivity contribution >= 4 is 17.1 Å². The zero-order valence-electron chi connectivity index (χ0n) is 24.3. The van der Waals surface area contributed by atoms with Gasteiger partial charge in [0.2, 0.25) is 0 Å².